The van der Waals surface area contributed by atoms with E-state index in [2.05, 4.69) is 22.8 Å². The van der Waals surface area contributed by atoms with E-state index in [-0.39, 0.29) is 30.0 Å². The van der Waals surface area contributed by atoms with Crippen molar-refractivity contribution in [2.24, 2.45) is 0 Å². The number of aryl methyl sites for hydroxylation is 3. The molecule has 0 aliphatic carbocycles. The topological polar surface area (TPSA) is 75.3 Å². The normalized spacial score (nSPS) is 20.2. The summed E-state index contributed by atoms with van der Waals surface area (Å²) in [6, 6.07) is 3.89. The van der Waals surface area contributed by atoms with Crippen molar-refractivity contribution in [3.8, 4) is 0 Å². The number of sulfone groups is 1. The first-order valence-electron chi connectivity index (χ1n) is 7.08. The van der Waals surface area contributed by atoms with Gasteiger partial charge in [0.2, 0.25) is 5.91 Å². The van der Waals surface area contributed by atoms with Gasteiger partial charge in [-0.2, -0.15) is 0 Å². The first-order valence-corrected chi connectivity index (χ1v) is 8.90. The number of hydrogen-bond donors (Lipinski definition) is 2. The quantitative estimate of drug-likeness (QED) is 0.880. The van der Waals surface area contributed by atoms with Crippen molar-refractivity contribution in [1.29, 1.82) is 0 Å². The van der Waals surface area contributed by atoms with Gasteiger partial charge in [0, 0.05) is 11.7 Å². The number of nitrogens with one attached hydrogen (secondary N) is 2. The number of benzene rings is 1. The van der Waals surface area contributed by atoms with Gasteiger partial charge in [0.25, 0.3) is 0 Å². The van der Waals surface area contributed by atoms with E-state index in [1.54, 1.807) is 0 Å². The van der Waals surface area contributed by atoms with Crippen molar-refractivity contribution in [1.82, 2.24) is 5.32 Å². The molecule has 116 valence electrons. The van der Waals surface area contributed by atoms with Crippen LogP contribution in [0.15, 0.2) is 12.1 Å². The molecule has 0 saturated carbocycles. The molecule has 2 N–H and O–H groups in total. The van der Waals surface area contributed by atoms with Crippen molar-refractivity contribution in [3.05, 3.63) is 28.8 Å². The minimum atomic E-state index is -2.96. The maximum atomic E-state index is 11.9. The van der Waals surface area contributed by atoms with E-state index in [4.69, 9.17) is 0 Å². The summed E-state index contributed by atoms with van der Waals surface area (Å²) >= 11 is 0. The third-order valence-corrected chi connectivity index (χ3v) is 5.47. The summed E-state index contributed by atoms with van der Waals surface area (Å²) in [4.78, 5) is 11.9. The molecule has 0 aromatic heterocycles. The predicted octanol–water partition coefficient (Wildman–Crippen LogP) is 1.33. The number of hydrogen-bond acceptors (Lipinski definition) is 4. The maximum Gasteiger partial charge on any atom is 0.239 e. The van der Waals surface area contributed by atoms with Crippen LogP contribution in [0.3, 0.4) is 0 Å². The van der Waals surface area contributed by atoms with Crippen molar-refractivity contribution in [3.63, 3.8) is 0 Å². The van der Waals surface area contributed by atoms with Crippen molar-refractivity contribution < 1.29 is 13.2 Å². The Bertz CT molecular complexity index is 630. The van der Waals surface area contributed by atoms with Crippen LogP contribution < -0.4 is 10.6 Å². The van der Waals surface area contributed by atoms with Crippen LogP contribution in [-0.4, -0.2) is 38.4 Å². The minimum absolute atomic E-state index is 0.0569. The summed E-state index contributed by atoms with van der Waals surface area (Å²) in [5.41, 5.74) is 4.36. The Labute approximate surface area is 126 Å². The Balaban J connectivity index is 1.90. The third-order valence-electron chi connectivity index (χ3n) is 3.70. The Kier molecular flexibility index (Phi) is 4.56. The van der Waals surface area contributed by atoms with Gasteiger partial charge in [-0.05, 0) is 38.3 Å². The molecule has 2 rings (SSSR count). The van der Waals surface area contributed by atoms with Gasteiger partial charge in [0.05, 0.1) is 18.1 Å². The molecule has 0 spiro atoms. The SMILES string of the molecule is Cc1cc(C)c(NCC(=O)NC2CCS(=O)(=O)C2)c(C)c1. The lowest BCUT2D eigenvalue weighted by molar-refractivity contribution is -0.119. The lowest BCUT2D eigenvalue weighted by Gasteiger charge is -2.15. The standard InChI is InChI=1S/C15H22N2O3S/c1-10-6-11(2)15(12(3)7-10)16-8-14(18)17-13-4-5-21(19,20)9-13/h6-7,13,16H,4-5,8-9H2,1-3H3,(H,17,18). The fourth-order valence-corrected chi connectivity index (χ4v) is 4.49. The highest BCUT2D eigenvalue weighted by Crippen LogP contribution is 2.21. The van der Waals surface area contributed by atoms with Crippen LogP contribution in [-0.2, 0) is 14.6 Å². The van der Waals surface area contributed by atoms with E-state index in [0.29, 0.717) is 6.42 Å². The maximum absolute atomic E-state index is 11.9. The minimum Gasteiger partial charge on any atom is -0.376 e. The van der Waals surface area contributed by atoms with Crippen molar-refractivity contribution in [2.45, 2.75) is 33.2 Å². The van der Waals surface area contributed by atoms with Gasteiger partial charge < -0.3 is 10.6 Å². The summed E-state index contributed by atoms with van der Waals surface area (Å²) in [6.45, 7) is 6.20. The molecule has 1 heterocycles. The molecular weight excluding hydrogens is 288 g/mol. The molecule has 1 aliphatic rings. The zero-order valence-corrected chi connectivity index (χ0v) is 13.5. The highest BCUT2D eigenvalue weighted by molar-refractivity contribution is 7.91. The van der Waals surface area contributed by atoms with Crippen LogP contribution in [0.5, 0.6) is 0 Å². The molecule has 1 aromatic rings. The smallest absolute Gasteiger partial charge is 0.239 e. The zero-order chi connectivity index (χ0) is 15.6. The second-order valence-corrected chi connectivity index (χ2v) is 8.02. The molecule has 0 bridgehead atoms. The van der Waals surface area contributed by atoms with E-state index < -0.39 is 9.84 Å². The average molecular weight is 310 g/mol. The molecule has 6 heteroatoms. The number of rotatable bonds is 4. The second-order valence-electron chi connectivity index (χ2n) is 5.79. The number of carbonyl (C=O) groups excluding carboxylic acids is 1. The molecule has 1 aliphatic heterocycles. The van der Waals surface area contributed by atoms with Gasteiger partial charge in [-0.25, -0.2) is 8.42 Å². The summed E-state index contributed by atoms with van der Waals surface area (Å²) in [5.74, 6) is 0.0551. The van der Waals surface area contributed by atoms with Crippen LogP contribution in [0.25, 0.3) is 0 Å². The summed E-state index contributed by atoms with van der Waals surface area (Å²) in [5, 5.41) is 5.92. The lowest BCUT2D eigenvalue weighted by atomic mass is 10.1. The van der Waals surface area contributed by atoms with Crippen LogP contribution in [0, 0.1) is 20.8 Å². The summed E-state index contributed by atoms with van der Waals surface area (Å²) < 4.78 is 22.7. The fraction of sp³-hybridized carbons (Fsp3) is 0.533. The van der Waals surface area contributed by atoms with Crippen LogP contribution in [0.1, 0.15) is 23.1 Å². The molecule has 1 aromatic carbocycles. The first kappa shape index (κ1) is 15.8. The lowest BCUT2D eigenvalue weighted by Crippen LogP contribution is -2.39. The third kappa shape index (κ3) is 4.20. The first-order chi connectivity index (χ1) is 9.77. The average Bonchev–Trinajstić information content (AvgIpc) is 2.67. The molecule has 1 amide bonds. The molecule has 1 unspecified atom stereocenters. The van der Waals surface area contributed by atoms with Gasteiger partial charge in [-0.15, -0.1) is 0 Å². The van der Waals surface area contributed by atoms with E-state index in [0.717, 1.165) is 16.8 Å². The highest BCUT2D eigenvalue weighted by atomic mass is 32.2. The Morgan fingerprint density at radius 3 is 2.38 bits per heavy atom. The summed E-state index contributed by atoms with van der Waals surface area (Å²) in [6.07, 6.45) is 0.511. The fourth-order valence-electron chi connectivity index (χ4n) is 2.82. The Morgan fingerprint density at radius 1 is 1.24 bits per heavy atom. The zero-order valence-electron chi connectivity index (χ0n) is 12.7. The molecular formula is C15H22N2O3S. The molecule has 21 heavy (non-hydrogen) atoms. The number of anilines is 1. The molecule has 1 atom stereocenters. The largest absolute Gasteiger partial charge is 0.376 e. The number of carbonyl (C=O) groups is 1. The van der Waals surface area contributed by atoms with E-state index in [9.17, 15) is 13.2 Å². The van der Waals surface area contributed by atoms with Gasteiger partial charge in [-0.3, -0.25) is 4.79 Å². The van der Waals surface area contributed by atoms with E-state index in [1.165, 1.54) is 5.56 Å². The molecule has 1 saturated heterocycles. The van der Waals surface area contributed by atoms with Crippen LogP contribution in [0.2, 0.25) is 0 Å². The van der Waals surface area contributed by atoms with E-state index >= 15 is 0 Å². The van der Waals surface area contributed by atoms with Crippen molar-refractivity contribution in [2.75, 3.05) is 23.4 Å². The van der Waals surface area contributed by atoms with Crippen LogP contribution >= 0.6 is 0 Å². The monoisotopic (exact) mass is 310 g/mol. The Hall–Kier alpha value is -1.56. The number of amides is 1. The van der Waals surface area contributed by atoms with Crippen LogP contribution in [0.4, 0.5) is 5.69 Å². The molecule has 5 nitrogen and oxygen atoms in total. The predicted molar refractivity (Wildman–Crippen MR) is 84.3 cm³/mol. The van der Waals surface area contributed by atoms with Gasteiger partial charge in [-0.1, -0.05) is 17.7 Å². The van der Waals surface area contributed by atoms with Gasteiger partial charge in [0.1, 0.15) is 0 Å². The second kappa shape index (κ2) is 6.05. The Morgan fingerprint density at radius 2 is 1.86 bits per heavy atom. The summed E-state index contributed by atoms with van der Waals surface area (Å²) in [7, 11) is -2.96. The highest BCUT2D eigenvalue weighted by Gasteiger charge is 2.28. The van der Waals surface area contributed by atoms with Crippen molar-refractivity contribution >= 4 is 21.4 Å². The van der Waals surface area contributed by atoms with E-state index in [1.807, 2.05) is 20.8 Å². The van der Waals surface area contributed by atoms with Gasteiger partial charge in [0.15, 0.2) is 9.84 Å². The molecule has 1 fully saturated rings. The van der Waals surface area contributed by atoms with Gasteiger partial charge >= 0.3 is 0 Å². The molecule has 0 radical (unpaired) electrons.